The minimum atomic E-state index is -1.75. The van der Waals surface area contributed by atoms with Crippen LogP contribution in [-0.2, 0) is 21.7 Å². The second-order valence-electron chi connectivity index (χ2n) is 10.6. The number of hydrogen-bond acceptors (Lipinski definition) is 7. The second kappa shape index (κ2) is 11.7. The number of aliphatic hydroxyl groups excluding tert-OH is 1. The van der Waals surface area contributed by atoms with Crippen LogP contribution in [0.15, 0.2) is 66.9 Å². The molecule has 10 heteroatoms. The molecule has 0 aliphatic carbocycles. The maximum Gasteiger partial charge on any atom is 0.264 e. The molecule has 0 radical (unpaired) electrons. The number of aromatic nitrogens is 3. The van der Waals surface area contributed by atoms with Gasteiger partial charge in [-0.15, -0.1) is 5.10 Å². The Balaban J connectivity index is 1.25. The zero-order valence-corrected chi connectivity index (χ0v) is 22.8. The topological polar surface area (TPSA) is 133 Å². The molecule has 1 aromatic heterocycles. The third-order valence-electron chi connectivity index (χ3n) is 7.95. The van der Waals surface area contributed by atoms with Gasteiger partial charge in [0.25, 0.3) is 5.91 Å². The van der Waals surface area contributed by atoms with Crippen molar-refractivity contribution in [1.29, 1.82) is 0 Å². The fourth-order valence-corrected chi connectivity index (χ4v) is 5.55. The summed E-state index contributed by atoms with van der Waals surface area (Å²) in [4.78, 5) is 27.3. The standard InChI is InChI=1S/C30H36N6O4/c1-20(9-6-7-16-36-18-26(33-34-36)23(19-37)21-10-4-3-5-11-21)30(40)24-17-22(13-14-27(24)35(2)29(30)39)32-28(38)25-12-8-15-31-25/h3-6,9-11,13-14,17-18,20,23,25,31,37,40H,7-8,12,15-16,19H2,1-2H3,(H,32,38)/b9-6+/t20-,23?,25-,30+/m1/s1. The molecule has 1 saturated heterocycles. The first-order valence-corrected chi connectivity index (χ1v) is 13.7. The molecule has 2 aliphatic heterocycles. The number of amides is 2. The maximum absolute atomic E-state index is 13.2. The number of carbonyl (C=O) groups is 2. The predicted octanol–water partition coefficient (Wildman–Crippen LogP) is 2.54. The minimum absolute atomic E-state index is 0.0640. The molecule has 4 N–H and O–H groups in total. The Bertz CT molecular complexity index is 1380. The third kappa shape index (κ3) is 5.30. The van der Waals surface area contributed by atoms with Gasteiger partial charge in [-0.25, -0.2) is 0 Å². The summed E-state index contributed by atoms with van der Waals surface area (Å²) in [6.45, 7) is 3.12. The van der Waals surface area contributed by atoms with Crippen molar-refractivity contribution in [1.82, 2.24) is 20.3 Å². The normalized spacial score (nSPS) is 22.1. The molecular weight excluding hydrogens is 508 g/mol. The number of carbonyl (C=O) groups excluding carboxylic acids is 2. The van der Waals surface area contributed by atoms with Crippen molar-refractivity contribution in [2.45, 2.75) is 50.3 Å². The average Bonchev–Trinajstić information content (AvgIpc) is 3.71. The van der Waals surface area contributed by atoms with Crippen LogP contribution in [0, 0.1) is 5.92 Å². The lowest BCUT2D eigenvalue weighted by atomic mass is 9.82. The van der Waals surface area contributed by atoms with E-state index in [0.29, 0.717) is 35.6 Å². The Hall–Kier alpha value is -3.86. The van der Waals surface area contributed by atoms with Crippen molar-refractivity contribution in [3.8, 4) is 0 Å². The van der Waals surface area contributed by atoms with E-state index in [-0.39, 0.29) is 24.5 Å². The van der Waals surface area contributed by atoms with E-state index in [1.54, 1.807) is 29.9 Å². The van der Waals surface area contributed by atoms with Crippen LogP contribution in [0.5, 0.6) is 0 Å². The highest BCUT2D eigenvalue weighted by Crippen LogP contribution is 2.45. The van der Waals surface area contributed by atoms with Crippen LogP contribution < -0.4 is 15.5 Å². The number of hydrogen-bond donors (Lipinski definition) is 4. The summed E-state index contributed by atoms with van der Waals surface area (Å²) in [5.41, 5.74) is 1.57. The highest BCUT2D eigenvalue weighted by atomic mass is 16.3. The molecule has 1 fully saturated rings. The summed E-state index contributed by atoms with van der Waals surface area (Å²) in [7, 11) is 1.65. The number of aryl methyl sites for hydroxylation is 1. The summed E-state index contributed by atoms with van der Waals surface area (Å²) in [6, 6.07) is 14.7. The molecule has 5 rings (SSSR count). The zero-order chi connectivity index (χ0) is 28.3. The van der Waals surface area contributed by atoms with E-state index < -0.39 is 17.4 Å². The molecule has 4 atom stereocenters. The van der Waals surface area contributed by atoms with Crippen LogP contribution in [0.1, 0.15) is 48.9 Å². The quantitative estimate of drug-likeness (QED) is 0.288. The number of fused-ring (bicyclic) bond motifs is 1. The molecule has 2 aromatic carbocycles. The Morgan fingerprint density at radius 1 is 1.27 bits per heavy atom. The van der Waals surface area contributed by atoms with Gasteiger partial charge in [-0.1, -0.05) is 54.6 Å². The lowest BCUT2D eigenvalue weighted by Gasteiger charge is -2.27. The molecule has 40 heavy (non-hydrogen) atoms. The van der Waals surface area contributed by atoms with Crippen molar-refractivity contribution >= 4 is 23.2 Å². The van der Waals surface area contributed by atoms with Gasteiger partial charge in [0.2, 0.25) is 5.91 Å². The van der Waals surface area contributed by atoms with Crippen LogP contribution in [0.25, 0.3) is 0 Å². The van der Waals surface area contributed by atoms with E-state index in [1.165, 1.54) is 4.90 Å². The third-order valence-corrected chi connectivity index (χ3v) is 7.95. The van der Waals surface area contributed by atoms with Gasteiger partial charge in [-0.05, 0) is 49.6 Å². The van der Waals surface area contributed by atoms with Gasteiger partial charge < -0.3 is 25.7 Å². The van der Waals surface area contributed by atoms with Crippen molar-refractivity contribution in [2.24, 2.45) is 5.92 Å². The Labute approximate surface area is 233 Å². The average molecular weight is 545 g/mol. The first kappa shape index (κ1) is 27.7. The van der Waals surface area contributed by atoms with Gasteiger partial charge >= 0.3 is 0 Å². The molecular formula is C30H36N6O4. The largest absolute Gasteiger partial charge is 0.395 e. The van der Waals surface area contributed by atoms with Gasteiger partial charge in [-0.2, -0.15) is 0 Å². The van der Waals surface area contributed by atoms with Gasteiger partial charge in [0.15, 0.2) is 5.60 Å². The number of nitrogens with zero attached hydrogens (tertiary/aromatic N) is 4. The number of nitrogens with one attached hydrogen (secondary N) is 2. The Morgan fingerprint density at radius 3 is 2.80 bits per heavy atom. The number of rotatable bonds is 10. The Morgan fingerprint density at radius 2 is 2.08 bits per heavy atom. The van der Waals surface area contributed by atoms with Gasteiger partial charge in [0.05, 0.1) is 29.9 Å². The first-order chi connectivity index (χ1) is 19.3. The van der Waals surface area contributed by atoms with Crippen molar-refractivity contribution in [3.63, 3.8) is 0 Å². The lowest BCUT2D eigenvalue weighted by Crippen LogP contribution is -2.43. The highest BCUT2D eigenvalue weighted by Gasteiger charge is 2.51. The molecule has 2 amide bonds. The van der Waals surface area contributed by atoms with Crippen LogP contribution in [0.2, 0.25) is 0 Å². The van der Waals surface area contributed by atoms with E-state index in [0.717, 1.165) is 24.9 Å². The lowest BCUT2D eigenvalue weighted by molar-refractivity contribution is -0.139. The molecule has 0 bridgehead atoms. The van der Waals surface area contributed by atoms with Crippen LogP contribution in [0.3, 0.4) is 0 Å². The fraction of sp³-hybridized carbons (Fsp3) is 0.400. The van der Waals surface area contributed by atoms with E-state index in [2.05, 4.69) is 20.9 Å². The van der Waals surface area contributed by atoms with Crippen molar-refractivity contribution < 1.29 is 19.8 Å². The minimum Gasteiger partial charge on any atom is -0.395 e. The van der Waals surface area contributed by atoms with Gasteiger partial charge in [0, 0.05) is 37.0 Å². The molecule has 0 saturated carbocycles. The van der Waals surface area contributed by atoms with Crippen LogP contribution in [-0.4, -0.2) is 63.3 Å². The number of likely N-dealkylation sites (N-methyl/N-ethyl adjacent to an activating group) is 1. The maximum atomic E-state index is 13.2. The van der Waals surface area contributed by atoms with E-state index >= 15 is 0 Å². The summed E-state index contributed by atoms with van der Waals surface area (Å²) >= 11 is 0. The van der Waals surface area contributed by atoms with Crippen molar-refractivity contribution in [2.75, 3.05) is 30.4 Å². The highest BCUT2D eigenvalue weighted by molar-refractivity contribution is 6.07. The second-order valence-corrected chi connectivity index (χ2v) is 10.6. The molecule has 1 unspecified atom stereocenters. The fourth-order valence-electron chi connectivity index (χ4n) is 5.55. The van der Waals surface area contributed by atoms with Gasteiger partial charge in [0.1, 0.15) is 0 Å². The molecule has 3 heterocycles. The first-order valence-electron chi connectivity index (χ1n) is 13.7. The van der Waals surface area contributed by atoms with E-state index in [1.807, 2.05) is 55.6 Å². The number of anilines is 2. The number of benzene rings is 2. The number of aliphatic hydroxyl groups is 2. The molecule has 10 nitrogen and oxygen atoms in total. The molecule has 3 aromatic rings. The van der Waals surface area contributed by atoms with Crippen LogP contribution in [0.4, 0.5) is 11.4 Å². The monoisotopic (exact) mass is 544 g/mol. The smallest absolute Gasteiger partial charge is 0.264 e. The van der Waals surface area contributed by atoms with Crippen molar-refractivity contribution in [3.05, 3.63) is 83.7 Å². The molecule has 2 aliphatic rings. The van der Waals surface area contributed by atoms with Gasteiger partial charge in [-0.3, -0.25) is 14.3 Å². The SMILES string of the molecule is C[C@H](/C=C/CCn1cc(C(CO)c2ccccc2)nn1)[C@@]1(O)C(=O)N(C)c2ccc(NC(=O)[C@H]3CCCN3)cc21. The Kier molecular flexibility index (Phi) is 8.11. The van der Waals surface area contributed by atoms with E-state index in [4.69, 9.17) is 0 Å². The molecule has 0 spiro atoms. The summed E-state index contributed by atoms with van der Waals surface area (Å²) in [5, 5.41) is 36.2. The zero-order valence-electron chi connectivity index (χ0n) is 22.8. The summed E-state index contributed by atoms with van der Waals surface area (Å²) < 4.78 is 1.72. The predicted molar refractivity (Wildman–Crippen MR) is 152 cm³/mol. The van der Waals surface area contributed by atoms with Crippen LogP contribution >= 0.6 is 0 Å². The summed E-state index contributed by atoms with van der Waals surface area (Å²) in [5.74, 6) is -1.28. The number of allylic oxidation sites excluding steroid dienone is 1. The molecule has 210 valence electrons. The summed E-state index contributed by atoms with van der Waals surface area (Å²) in [6.07, 6.45) is 7.95. The van der Waals surface area contributed by atoms with E-state index in [9.17, 15) is 19.8 Å².